The number of benzene rings is 1. The average molecular weight is 369 g/mol. The average Bonchev–Trinajstić information content (AvgIpc) is 2.10. The molecular formula is C10H10BrIO2. The molecule has 0 saturated carbocycles. The van der Waals surface area contributed by atoms with Gasteiger partial charge in [0.1, 0.15) is 0 Å². The molecule has 0 aliphatic heterocycles. The minimum Gasteiger partial charge on any atom is -0.469 e. The molecule has 1 aromatic rings. The standard InChI is InChI=1S/C10H10BrIO2/c1-6-3-7(12)4-9(11)8(6)5-10(13)14-2/h3-4H,5H2,1-2H3. The molecule has 1 rings (SSSR count). The monoisotopic (exact) mass is 368 g/mol. The molecule has 0 atom stereocenters. The van der Waals surface area contributed by atoms with Crippen molar-refractivity contribution in [1.29, 1.82) is 0 Å². The zero-order valence-electron chi connectivity index (χ0n) is 7.93. The topological polar surface area (TPSA) is 26.3 Å². The highest BCUT2D eigenvalue weighted by Crippen LogP contribution is 2.24. The summed E-state index contributed by atoms with van der Waals surface area (Å²) in [4.78, 5) is 11.1. The highest BCUT2D eigenvalue weighted by atomic mass is 127. The number of rotatable bonds is 2. The molecule has 14 heavy (non-hydrogen) atoms. The third kappa shape index (κ3) is 2.95. The molecule has 76 valence electrons. The lowest BCUT2D eigenvalue weighted by molar-refractivity contribution is -0.139. The lowest BCUT2D eigenvalue weighted by Crippen LogP contribution is -2.06. The van der Waals surface area contributed by atoms with Crippen molar-refractivity contribution in [2.75, 3.05) is 7.11 Å². The Labute approximate surface area is 105 Å². The van der Waals surface area contributed by atoms with E-state index in [1.807, 2.05) is 19.1 Å². The number of aryl methyl sites for hydroxylation is 1. The summed E-state index contributed by atoms with van der Waals surface area (Å²) in [6, 6.07) is 4.04. The maximum atomic E-state index is 11.1. The highest BCUT2D eigenvalue weighted by Gasteiger charge is 2.10. The van der Waals surface area contributed by atoms with Crippen molar-refractivity contribution in [3.8, 4) is 0 Å². The minimum atomic E-state index is -0.213. The molecule has 0 unspecified atom stereocenters. The number of carbonyl (C=O) groups is 1. The van der Waals surface area contributed by atoms with Crippen LogP contribution in [0.4, 0.5) is 0 Å². The van der Waals surface area contributed by atoms with E-state index in [1.54, 1.807) is 0 Å². The first-order valence-corrected chi connectivity index (χ1v) is 5.93. The minimum absolute atomic E-state index is 0.213. The van der Waals surface area contributed by atoms with Crippen LogP contribution in [-0.4, -0.2) is 13.1 Å². The fraction of sp³-hybridized carbons (Fsp3) is 0.300. The summed E-state index contributed by atoms with van der Waals surface area (Å²) in [5, 5.41) is 0. The van der Waals surface area contributed by atoms with Crippen LogP contribution >= 0.6 is 38.5 Å². The van der Waals surface area contributed by atoms with Gasteiger partial charge in [0.25, 0.3) is 0 Å². The molecule has 0 aliphatic rings. The predicted molar refractivity (Wildman–Crippen MR) is 67.3 cm³/mol. The van der Waals surface area contributed by atoms with E-state index >= 15 is 0 Å². The molecular weight excluding hydrogens is 359 g/mol. The van der Waals surface area contributed by atoms with Gasteiger partial charge in [-0.2, -0.15) is 0 Å². The smallest absolute Gasteiger partial charge is 0.310 e. The Morgan fingerprint density at radius 1 is 1.57 bits per heavy atom. The van der Waals surface area contributed by atoms with Crippen LogP contribution in [0, 0.1) is 10.5 Å². The third-order valence-corrected chi connectivity index (χ3v) is 3.26. The SMILES string of the molecule is COC(=O)Cc1c(C)cc(I)cc1Br. The van der Waals surface area contributed by atoms with Gasteiger partial charge in [0, 0.05) is 8.04 Å². The van der Waals surface area contributed by atoms with Crippen molar-refractivity contribution in [1.82, 2.24) is 0 Å². The Morgan fingerprint density at radius 3 is 2.71 bits per heavy atom. The second-order valence-corrected chi connectivity index (χ2v) is 5.04. The van der Waals surface area contributed by atoms with Crippen molar-refractivity contribution in [3.63, 3.8) is 0 Å². The predicted octanol–water partition coefficient (Wildman–Crippen LogP) is 3.08. The normalized spacial score (nSPS) is 10.0. The second kappa shape index (κ2) is 5.11. The first kappa shape index (κ1) is 12.0. The summed E-state index contributed by atoms with van der Waals surface area (Å²) in [5.74, 6) is -0.213. The van der Waals surface area contributed by atoms with Gasteiger partial charge in [-0.15, -0.1) is 0 Å². The van der Waals surface area contributed by atoms with Crippen molar-refractivity contribution in [3.05, 3.63) is 31.3 Å². The van der Waals surface area contributed by atoms with Gasteiger partial charge in [0.2, 0.25) is 0 Å². The van der Waals surface area contributed by atoms with E-state index in [0.717, 1.165) is 19.2 Å². The molecule has 0 heterocycles. The van der Waals surface area contributed by atoms with Gasteiger partial charge in [-0.1, -0.05) is 15.9 Å². The van der Waals surface area contributed by atoms with Gasteiger partial charge in [0.15, 0.2) is 0 Å². The molecule has 0 N–H and O–H groups in total. The molecule has 0 saturated heterocycles. The maximum absolute atomic E-state index is 11.1. The van der Waals surface area contributed by atoms with Crippen LogP contribution in [0.1, 0.15) is 11.1 Å². The molecule has 0 spiro atoms. The van der Waals surface area contributed by atoms with Crippen molar-refractivity contribution in [2.45, 2.75) is 13.3 Å². The molecule has 0 amide bonds. The van der Waals surface area contributed by atoms with Crippen LogP contribution in [0.2, 0.25) is 0 Å². The van der Waals surface area contributed by atoms with Crippen LogP contribution in [-0.2, 0) is 16.0 Å². The number of esters is 1. The molecule has 0 aliphatic carbocycles. The summed E-state index contributed by atoms with van der Waals surface area (Å²) in [5.41, 5.74) is 2.10. The number of halogens is 2. The first-order chi connectivity index (χ1) is 6.54. The number of methoxy groups -OCH3 is 1. The van der Waals surface area contributed by atoms with Gasteiger partial charge >= 0.3 is 5.97 Å². The fourth-order valence-corrected chi connectivity index (χ4v) is 3.08. The first-order valence-electron chi connectivity index (χ1n) is 4.06. The van der Waals surface area contributed by atoms with Crippen molar-refractivity contribution >= 4 is 44.5 Å². The van der Waals surface area contributed by atoms with E-state index in [0.29, 0.717) is 6.42 Å². The molecule has 4 heteroatoms. The fourth-order valence-electron chi connectivity index (χ4n) is 1.17. The summed E-state index contributed by atoms with van der Waals surface area (Å²) in [7, 11) is 1.40. The van der Waals surface area contributed by atoms with Crippen LogP contribution in [0.25, 0.3) is 0 Å². The van der Waals surface area contributed by atoms with Gasteiger partial charge in [-0.25, -0.2) is 0 Å². The number of ether oxygens (including phenoxy) is 1. The molecule has 2 nitrogen and oxygen atoms in total. The molecule has 0 aromatic heterocycles. The van der Waals surface area contributed by atoms with E-state index in [9.17, 15) is 4.79 Å². The van der Waals surface area contributed by atoms with Gasteiger partial charge in [-0.3, -0.25) is 4.79 Å². The van der Waals surface area contributed by atoms with E-state index in [1.165, 1.54) is 7.11 Å². The Bertz CT molecular complexity index is 340. The molecule has 0 bridgehead atoms. The molecule has 1 aromatic carbocycles. The van der Waals surface area contributed by atoms with Crippen LogP contribution < -0.4 is 0 Å². The number of hydrogen-bond donors (Lipinski definition) is 0. The summed E-state index contributed by atoms with van der Waals surface area (Å²) >= 11 is 5.69. The number of carbonyl (C=O) groups excluding carboxylic acids is 1. The van der Waals surface area contributed by atoms with E-state index in [2.05, 4.69) is 43.3 Å². The van der Waals surface area contributed by atoms with Crippen LogP contribution in [0.5, 0.6) is 0 Å². The Kier molecular flexibility index (Phi) is 4.37. The van der Waals surface area contributed by atoms with E-state index < -0.39 is 0 Å². The Morgan fingerprint density at radius 2 is 2.21 bits per heavy atom. The van der Waals surface area contributed by atoms with E-state index in [4.69, 9.17) is 0 Å². The van der Waals surface area contributed by atoms with Crippen LogP contribution in [0.3, 0.4) is 0 Å². The van der Waals surface area contributed by atoms with Crippen LogP contribution in [0.15, 0.2) is 16.6 Å². The lowest BCUT2D eigenvalue weighted by Gasteiger charge is -2.07. The zero-order chi connectivity index (χ0) is 10.7. The summed E-state index contributed by atoms with van der Waals surface area (Å²) < 4.78 is 6.75. The third-order valence-electron chi connectivity index (χ3n) is 1.93. The van der Waals surface area contributed by atoms with Gasteiger partial charge < -0.3 is 4.74 Å². The molecule has 0 radical (unpaired) electrons. The Hall–Kier alpha value is -0.100. The lowest BCUT2D eigenvalue weighted by atomic mass is 10.1. The second-order valence-electron chi connectivity index (χ2n) is 2.94. The maximum Gasteiger partial charge on any atom is 0.310 e. The summed E-state index contributed by atoms with van der Waals surface area (Å²) in [6.07, 6.45) is 0.319. The van der Waals surface area contributed by atoms with Crippen molar-refractivity contribution < 1.29 is 9.53 Å². The van der Waals surface area contributed by atoms with Crippen molar-refractivity contribution in [2.24, 2.45) is 0 Å². The van der Waals surface area contributed by atoms with Gasteiger partial charge in [-0.05, 0) is 52.8 Å². The number of hydrogen-bond acceptors (Lipinski definition) is 2. The quantitative estimate of drug-likeness (QED) is 0.592. The largest absolute Gasteiger partial charge is 0.469 e. The van der Waals surface area contributed by atoms with Gasteiger partial charge in [0.05, 0.1) is 13.5 Å². The molecule has 0 fully saturated rings. The zero-order valence-corrected chi connectivity index (χ0v) is 11.7. The Balaban J connectivity index is 3.02. The van der Waals surface area contributed by atoms with E-state index in [-0.39, 0.29) is 5.97 Å². The summed E-state index contributed by atoms with van der Waals surface area (Å²) in [6.45, 7) is 1.99. The highest BCUT2D eigenvalue weighted by molar-refractivity contribution is 14.1.